The molecule has 0 radical (unpaired) electrons. The Morgan fingerprint density at radius 2 is 1.97 bits per heavy atom. The van der Waals surface area contributed by atoms with E-state index in [2.05, 4.69) is 33.4 Å². The second-order valence-electron chi connectivity index (χ2n) is 8.37. The maximum absolute atomic E-state index is 9.27. The summed E-state index contributed by atoms with van der Waals surface area (Å²) in [6.45, 7) is 3.27. The number of ether oxygens (including phenoxy) is 1. The van der Waals surface area contributed by atoms with Crippen LogP contribution in [0, 0.1) is 0 Å². The largest absolute Gasteiger partial charge is 0.492 e. The van der Waals surface area contributed by atoms with E-state index in [1.807, 2.05) is 59.2 Å². The van der Waals surface area contributed by atoms with E-state index in [1.54, 1.807) is 0 Å². The van der Waals surface area contributed by atoms with Gasteiger partial charge in [0.15, 0.2) is 5.65 Å². The molecule has 7 heteroatoms. The minimum atomic E-state index is 0.190. The summed E-state index contributed by atoms with van der Waals surface area (Å²) in [5.74, 6) is 1.62. The van der Waals surface area contributed by atoms with Crippen LogP contribution in [0.1, 0.15) is 18.4 Å². The molecule has 0 spiro atoms. The van der Waals surface area contributed by atoms with Crippen molar-refractivity contribution in [3.63, 3.8) is 0 Å². The van der Waals surface area contributed by atoms with Gasteiger partial charge in [-0.3, -0.25) is 4.90 Å². The monoisotopic (exact) mass is 443 g/mol. The Kier molecular flexibility index (Phi) is 6.51. The fourth-order valence-electron chi connectivity index (χ4n) is 4.40. The zero-order valence-corrected chi connectivity index (χ0v) is 18.6. The number of fused-ring (bicyclic) bond motifs is 1. The first-order valence-electron chi connectivity index (χ1n) is 11.5. The maximum atomic E-state index is 9.27. The summed E-state index contributed by atoms with van der Waals surface area (Å²) in [5, 5.41) is 17.4. The number of aromatic nitrogens is 3. The van der Waals surface area contributed by atoms with Gasteiger partial charge in [0.25, 0.3) is 0 Å². The molecule has 1 aliphatic rings. The van der Waals surface area contributed by atoms with Gasteiger partial charge in [0.05, 0.1) is 18.5 Å². The Hall–Kier alpha value is -3.42. The molecule has 2 aromatic heterocycles. The summed E-state index contributed by atoms with van der Waals surface area (Å²) in [6, 6.07) is 22.6. The van der Waals surface area contributed by atoms with Gasteiger partial charge in [0, 0.05) is 24.7 Å². The van der Waals surface area contributed by atoms with Gasteiger partial charge >= 0.3 is 0 Å². The van der Waals surface area contributed by atoms with Crippen molar-refractivity contribution in [2.45, 2.75) is 25.4 Å². The van der Waals surface area contributed by atoms with Crippen molar-refractivity contribution in [1.29, 1.82) is 0 Å². The number of nitrogens with one attached hydrogen (secondary N) is 1. The highest BCUT2D eigenvalue weighted by Crippen LogP contribution is 2.26. The third-order valence-electron chi connectivity index (χ3n) is 6.14. The van der Waals surface area contributed by atoms with Crippen LogP contribution in [-0.4, -0.2) is 56.9 Å². The number of aliphatic hydroxyl groups is 1. The highest BCUT2D eigenvalue weighted by atomic mass is 16.5. The summed E-state index contributed by atoms with van der Waals surface area (Å²) >= 11 is 0. The number of rotatable bonds is 9. The lowest BCUT2D eigenvalue weighted by Gasteiger charge is -2.23. The summed E-state index contributed by atoms with van der Waals surface area (Å²) in [6.07, 6.45) is 4.11. The van der Waals surface area contributed by atoms with Crippen LogP contribution in [0.2, 0.25) is 0 Å². The minimum absolute atomic E-state index is 0.190. The van der Waals surface area contributed by atoms with Gasteiger partial charge in [0.1, 0.15) is 18.2 Å². The first kappa shape index (κ1) is 21.4. The van der Waals surface area contributed by atoms with Gasteiger partial charge in [-0.25, -0.2) is 9.50 Å². The van der Waals surface area contributed by atoms with Crippen molar-refractivity contribution < 1.29 is 9.84 Å². The average Bonchev–Trinajstić information content (AvgIpc) is 3.49. The van der Waals surface area contributed by atoms with Crippen LogP contribution in [-0.2, 0) is 6.54 Å². The van der Waals surface area contributed by atoms with Gasteiger partial charge in [0.2, 0.25) is 0 Å². The molecule has 0 amide bonds. The minimum Gasteiger partial charge on any atom is -0.492 e. The smallest absolute Gasteiger partial charge is 0.154 e. The molecule has 4 aromatic rings. The number of aliphatic hydroxyl groups excluding tert-OH is 1. The van der Waals surface area contributed by atoms with Crippen molar-refractivity contribution in [3.8, 4) is 17.0 Å². The third-order valence-corrected chi connectivity index (χ3v) is 6.14. The maximum Gasteiger partial charge on any atom is 0.154 e. The highest BCUT2D eigenvalue weighted by Gasteiger charge is 2.24. The predicted octanol–water partition coefficient (Wildman–Crippen LogP) is 3.84. The lowest BCUT2D eigenvalue weighted by Crippen LogP contribution is -2.36. The molecule has 2 N–H and O–H groups in total. The molecular formula is C26H29N5O2. The van der Waals surface area contributed by atoms with Crippen molar-refractivity contribution in [1.82, 2.24) is 19.5 Å². The van der Waals surface area contributed by atoms with E-state index in [1.165, 1.54) is 5.56 Å². The number of hydrogen-bond acceptors (Lipinski definition) is 6. The van der Waals surface area contributed by atoms with E-state index in [4.69, 9.17) is 9.84 Å². The predicted molar refractivity (Wildman–Crippen MR) is 129 cm³/mol. The molecule has 1 fully saturated rings. The zero-order valence-electron chi connectivity index (χ0n) is 18.6. The van der Waals surface area contributed by atoms with Crippen LogP contribution in [0.25, 0.3) is 16.9 Å². The number of imidazole rings is 1. The van der Waals surface area contributed by atoms with Crippen LogP contribution in [0.5, 0.6) is 5.75 Å². The fraction of sp³-hybridized carbons (Fsp3) is 0.308. The summed E-state index contributed by atoms with van der Waals surface area (Å²) < 4.78 is 8.01. The molecule has 33 heavy (non-hydrogen) atoms. The molecule has 0 unspecified atom stereocenters. The molecule has 1 atom stereocenters. The van der Waals surface area contributed by atoms with E-state index < -0.39 is 0 Å². The Bertz CT molecular complexity index is 1190. The van der Waals surface area contributed by atoms with Gasteiger partial charge in [-0.1, -0.05) is 42.5 Å². The number of benzene rings is 2. The van der Waals surface area contributed by atoms with Crippen molar-refractivity contribution >= 4 is 11.5 Å². The van der Waals surface area contributed by atoms with Gasteiger partial charge in [-0.05, 0) is 49.2 Å². The quantitative estimate of drug-likeness (QED) is 0.409. The van der Waals surface area contributed by atoms with E-state index in [0.717, 1.165) is 47.9 Å². The molecule has 7 nitrogen and oxygen atoms in total. The topological polar surface area (TPSA) is 74.9 Å². The Morgan fingerprint density at radius 1 is 1.06 bits per heavy atom. The molecule has 1 aliphatic heterocycles. The standard InChI is InChI=1S/C26H29N5O2/c32-15-14-30-13-5-9-22(30)19-33-23-10-4-8-21(16-23)24-18-28-26-12-11-25(29-31(24)26)27-17-20-6-2-1-3-7-20/h1-4,6-8,10-12,16,18,22,32H,5,9,13-15,17,19H2,(H,27,29)/t22-/m0/s1. The number of anilines is 1. The van der Waals surface area contributed by atoms with Gasteiger partial charge in [-0.2, -0.15) is 0 Å². The summed E-state index contributed by atoms with van der Waals surface area (Å²) in [7, 11) is 0. The summed E-state index contributed by atoms with van der Waals surface area (Å²) in [4.78, 5) is 6.83. The molecule has 0 bridgehead atoms. The summed E-state index contributed by atoms with van der Waals surface area (Å²) in [5.41, 5.74) is 3.93. The van der Waals surface area contributed by atoms with Crippen LogP contribution in [0.4, 0.5) is 5.82 Å². The van der Waals surface area contributed by atoms with Crippen molar-refractivity contribution in [2.75, 3.05) is 31.6 Å². The zero-order chi connectivity index (χ0) is 22.5. The van der Waals surface area contributed by atoms with Crippen LogP contribution < -0.4 is 10.1 Å². The van der Waals surface area contributed by atoms with E-state index in [9.17, 15) is 5.11 Å². The molecule has 3 heterocycles. The van der Waals surface area contributed by atoms with E-state index in [-0.39, 0.29) is 6.61 Å². The molecule has 5 rings (SSSR count). The van der Waals surface area contributed by atoms with Gasteiger partial charge in [-0.15, -0.1) is 5.10 Å². The lowest BCUT2D eigenvalue weighted by molar-refractivity contribution is 0.143. The number of hydrogen-bond donors (Lipinski definition) is 2. The molecule has 0 saturated carbocycles. The number of β-amino-alcohol motifs (C(OH)–C–C–N with tert-alkyl or cyclic N) is 1. The molecule has 0 aliphatic carbocycles. The lowest BCUT2D eigenvalue weighted by atomic mass is 10.1. The second kappa shape index (κ2) is 10.0. The van der Waals surface area contributed by atoms with Crippen LogP contribution in [0.15, 0.2) is 72.9 Å². The van der Waals surface area contributed by atoms with Crippen LogP contribution in [0.3, 0.4) is 0 Å². The Morgan fingerprint density at radius 3 is 2.85 bits per heavy atom. The molecule has 1 saturated heterocycles. The highest BCUT2D eigenvalue weighted by molar-refractivity contribution is 5.65. The first-order chi connectivity index (χ1) is 16.3. The van der Waals surface area contributed by atoms with E-state index in [0.29, 0.717) is 25.7 Å². The van der Waals surface area contributed by atoms with Gasteiger partial charge < -0.3 is 15.2 Å². The first-order valence-corrected chi connectivity index (χ1v) is 11.5. The number of nitrogens with zero attached hydrogens (tertiary/aromatic N) is 4. The fourth-order valence-corrected chi connectivity index (χ4v) is 4.40. The molecule has 2 aromatic carbocycles. The SMILES string of the molecule is OCCN1CCC[C@H]1COc1cccc(-c2cnc3ccc(NCc4ccccc4)nn23)c1. The van der Waals surface area contributed by atoms with Crippen molar-refractivity contribution in [2.24, 2.45) is 0 Å². The molecular weight excluding hydrogens is 414 g/mol. The average molecular weight is 444 g/mol. The van der Waals surface area contributed by atoms with E-state index >= 15 is 0 Å². The van der Waals surface area contributed by atoms with Crippen LogP contribution >= 0.6 is 0 Å². The van der Waals surface area contributed by atoms with Crippen molar-refractivity contribution in [3.05, 3.63) is 78.5 Å². The third kappa shape index (κ3) is 4.99. The number of likely N-dealkylation sites (tertiary alicyclic amines) is 1. The second-order valence-corrected chi connectivity index (χ2v) is 8.37. The Balaban J connectivity index is 1.31. The Labute approximate surface area is 193 Å². The molecule has 170 valence electrons. The normalized spacial score (nSPS) is 16.3.